The zero-order chi connectivity index (χ0) is 21.5. The topological polar surface area (TPSA) is 115 Å². The van der Waals surface area contributed by atoms with Crippen LogP contribution in [0.3, 0.4) is 0 Å². The van der Waals surface area contributed by atoms with Crippen LogP contribution in [0.15, 0.2) is 30.6 Å². The number of hydrogen-bond acceptors (Lipinski definition) is 8. The highest BCUT2D eigenvalue weighted by Gasteiger charge is 2.31. The third-order valence-corrected chi connectivity index (χ3v) is 5.43. The number of nitrogen functional groups attached to an aromatic ring is 1. The summed E-state index contributed by atoms with van der Waals surface area (Å²) in [6.07, 6.45) is 4.03. The number of carbonyl (C=O) groups excluding carboxylic acids is 1. The average Bonchev–Trinajstić information content (AvgIpc) is 2.76. The number of ether oxygens (including phenoxy) is 2. The zero-order valence-electron chi connectivity index (χ0n) is 17.1. The van der Waals surface area contributed by atoms with Gasteiger partial charge in [-0.05, 0) is 18.6 Å². The normalized spacial score (nSPS) is 19.3. The van der Waals surface area contributed by atoms with E-state index in [1.54, 1.807) is 31.6 Å². The Morgan fingerprint density at radius 2 is 2.10 bits per heavy atom. The van der Waals surface area contributed by atoms with Crippen molar-refractivity contribution in [3.8, 4) is 5.75 Å². The zero-order valence-corrected chi connectivity index (χ0v) is 17.9. The second kappa shape index (κ2) is 10.4. The summed E-state index contributed by atoms with van der Waals surface area (Å²) in [5.74, 6) is 0.728. The number of nitrogens with two attached hydrogens (primary N) is 1. The average molecular weight is 435 g/mol. The number of likely N-dealkylation sites (tertiary alicyclic amines) is 1. The molecule has 0 radical (unpaired) electrons. The number of carbonyl (C=O) groups is 1. The number of nitrogens with one attached hydrogen (secondary N) is 2. The Hall–Kier alpha value is -2.62. The van der Waals surface area contributed by atoms with Crippen LogP contribution in [0.1, 0.15) is 16.8 Å². The van der Waals surface area contributed by atoms with Gasteiger partial charge >= 0.3 is 0 Å². The monoisotopic (exact) mass is 434 g/mol. The molecule has 9 nitrogen and oxygen atoms in total. The molecule has 2 heterocycles. The summed E-state index contributed by atoms with van der Waals surface area (Å²) in [4.78, 5) is 23.4. The van der Waals surface area contributed by atoms with Crippen LogP contribution in [0.5, 0.6) is 5.75 Å². The number of halogens is 1. The molecular formula is C20H27ClN6O3. The van der Waals surface area contributed by atoms with Gasteiger partial charge in [0.05, 0.1) is 35.5 Å². The van der Waals surface area contributed by atoms with Crippen molar-refractivity contribution in [3.63, 3.8) is 0 Å². The van der Waals surface area contributed by atoms with Crippen molar-refractivity contribution in [2.24, 2.45) is 0 Å². The molecule has 1 aliphatic rings. The van der Waals surface area contributed by atoms with Crippen molar-refractivity contribution in [2.75, 3.05) is 51.4 Å². The Bertz CT molecular complexity index is 854. The van der Waals surface area contributed by atoms with E-state index in [-0.39, 0.29) is 18.1 Å². The molecule has 10 heteroatoms. The van der Waals surface area contributed by atoms with E-state index >= 15 is 0 Å². The smallest absolute Gasteiger partial charge is 0.255 e. The lowest BCUT2D eigenvalue weighted by atomic mass is 10.0. The molecule has 1 fully saturated rings. The number of rotatable bonds is 8. The number of piperidine rings is 1. The second-order valence-corrected chi connectivity index (χ2v) is 7.42. The highest BCUT2D eigenvalue weighted by molar-refractivity contribution is 6.33. The second-order valence-electron chi connectivity index (χ2n) is 7.02. The molecule has 4 N–H and O–H groups in total. The number of amides is 1. The van der Waals surface area contributed by atoms with Crippen LogP contribution in [-0.4, -0.2) is 73.3 Å². The van der Waals surface area contributed by atoms with E-state index < -0.39 is 0 Å². The van der Waals surface area contributed by atoms with E-state index in [1.807, 2.05) is 0 Å². The number of nitrogens with zero attached hydrogens (tertiary/aromatic N) is 3. The molecule has 1 saturated heterocycles. The first-order valence-electron chi connectivity index (χ1n) is 9.71. The van der Waals surface area contributed by atoms with Crippen molar-refractivity contribution < 1.29 is 14.3 Å². The minimum absolute atomic E-state index is 0.120. The van der Waals surface area contributed by atoms with Crippen molar-refractivity contribution in [1.29, 1.82) is 0 Å². The van der Waals surface area contributed by atoms with Crippen molar-refractivity contribution in [3.05, 3.63) is 41.2 Å². The van der Waals surface area contributed by atoms with E-state index in [1.165, 1.54) is 13.2 Å². The summed E-state index contributed by atoms with van der Waals surface area (Å²) in [6.45, 7) is 3.08. The summed E-state index contributed by atoms with van der Waals surface area (Å²) in [7, 11) is 3.15. The van der Waals surface area contributed by atoms with Crippen molar-refractivity contribution in [1.82, 2.24) is 20.2 Å². The molecule has 0 aliphatic carbocycles. The van der Waals surface area contributed by atoms with E-state index in [2.05, 4.69) is 25.5 Å². The summed E-state index contributed by atoms with van der Waals surface area (Å²) in [6, 6.07) is 4.74. The van der Waals surface area contributed by atoms with Gasteiger partial charge in [0.15, 0.2) is 0 Å². The molecule has 1 aromatic heterocycles. The van der Waals surface area contributed by atoms with Crippen LogP contribution in [0, 0.1) is 0 Å². The molecule has 3 rings (SSSR count). The van der Waals surface area contributed by atoms with Gasteiger partial charge in [-0.1, -0.05) is 11.6 Å². The quantitative estimate of drug-likeness (QED) is 0.537. The van der Waals surface area contributed by atoms with Gasteiger partial charge in [-0.2, -0.15) is 0 Å². The van der Waals surface area contributed by atoms with Gasteiger partial charge in [-0.15, -0.1) is 0 Å². The molecule has 162 valence electrons. The fourth-order valence-corrected chi connectivity index (χ4v) is 3.63. The van der Waals surface area contributed by atoms with Gasteiger partial charge in [0, 0.05) is 51.7 Å². The van der Waals surface area contributed by atoms with Crippen LogP contribution in [-0.2, 0) is 4.74 Å². The van der Waals surface area contributed by atoms with Crippen LogP contribution >= 0.6 is 11.6 Å². The van der Waals surface area contributed by atoms with E-state index in [0.717, 1.165) is 26.1 Å². The Morgan fingerprint density at radius 3 is 2.80 bits per heavy atom. The fourth-order valence-electron chi connectivity index (χ4n) is 3.47. The maximum Gasteiger partial charge on any atom is 0.255 e. The highest BCUT2D eigenvalue weighted by Crippen LogP contribution is 2.29. The SMILES string of the molecule is COc1cc(N)c(Cl)cc1C(=O)NC1CCN(CCNc2ncccn2)CC1OC. The van der Waals surface area contributed by atoms with Crippen molar-refractivity contribution in [2.45, 2.75) is 18.6 Å². The molecular weight excluding hydrogens is 408 g/mol. The first-order valence-corrected chi connectivity index (χ1v) is 10.1. The van der Waals surface area contributed by atoms with Gasteiger partial charge in [0.1, 0.15) is 5.75 Å². The Labute approximate surface area is 180 Å². The van der Waals surface area contributed by atoms with Gasteiger partial charge in [-0.3, -0.25) is 9.69 Å². The first-order chi connectivity index (χ1) is 14.5. The fraction of sp³-hybridized carbons (Fsp3) is 0.450. The predicted octanol–water partition coefficient (Wildman–Crippen LogP) is 1.65. The van der Waals surface area contributed by atoms with Gasteiger partial charge in [0.2, 0.25) is 5.95 Å². The summed E-state index contributed by atoms with van der Waals surface area (Å²) in [5, 5.41) is 6.57. The molecule has 2 aromatic rings. The third-order valence-electron chi connectivity index (χ3n) is 5.10. The highest BCUT2D eigenvalue weighted by atomic mass is 35.5. The lowest BCUT2D eigenvalue weighted by Gasteiger charge is -2.38. The number of hydrogen-bond donors (Lipinski definition) is 3. The van der Waals surface area contributed by atoms with Crippen LogP contribution in [0.2, 0.25) is 5.02 Å². The standard InChI is InChI=1S/C20H27ClN6O3/c1-29-17-11-15(22)14(21)10-13(17)19(28)26-16-4-8-27(12-18(16)30-2)9-7-25-20-23-5-3-6-24-20/h3,5-6,10-11,16,18H,4,7-9,12,22H2,1-2H3,(H,26,28)(H,23,24,25). The predicted molar refractivity (Wildman–Crippen MR) is 116 cm³/mol. The summed E-state index contributed by atoms with van der Waals surface area (Å²) in [5.41, 5.74) is 6.52. The molecule has 2 unspecified atom stereocenters. The number of benzene rings is 1. The molecule has 0 saturated carbocycles. The van der Waals surface area contributed by atoms with Crippen LogP contribution < -0.4 is 21.1 Å². The summed E-state index contributed by atoms with van der Waals surface area (Å²) >= 11 is 6.09. The van der Waals surface area contributed by atoms with Gasteiger partial charge < -0.3 is 25.8 Å². The molecule has 1 aliphatic heterocycles. The van der Waals surface area contributed by atoms with E-state index in [0.29, 0.717) is 34.5 Å². The van der Waals surface area contributed by atoms with E-state index in [4.69, 9.17) is 26.8 Å². The lowest BCUT2D eigenvalue weighted by molar-refractivity contribution is 0.00762. The molecule has 2 atom stereocenters. The lowest BCUT2D eigenvalue weighted by Crippen LogP contribution is -2.55. The minimum Gasteiger partial charge on any atom is -0.496 e. The first kappa shape index (κ1) is 22.1. The Balaban J connectivity index is 1.55. The largest absolute Gasteiger partial charge is 0.496 e. The Morgan fingerprint density at radius 1 is 1.33 bits per heavy atom. The Kier molecular flexibility index (Phi) is 7.67. The maximum atomic E-state index is 12.8. The number of aromatic nitrogens is 2. The number of methoxy groups -OCH3 is 2. The molecule has 0 bridgehead atoms. The van der Waals surface area contributed by atoms with Crippen molar-refractivity contribution >= 4 is 29.1 Å². The maximum absolute atomic E-state index is 12.8. The van der Waals surface area contributed by atoms with Crippen LogP contribution in [0.4, 0.5) is 11.6 Å². The van der Waals surface area contributed by atoms with Gasteiger partial charge in [-0.25, -0.2) is 9.97 Å². The third kappa shape index (κ3) is 5.50. The minimum atomic E-state index is -0.267. The number of anilines is 2. The van der Waals surface area contributed by atoms with E-state index in [9.17, 15) is 4.79 Å². The van der Waals surface area contributed by atoms with Crippen LogP contribution in [0.25, 0.3) is 0 Å². The summed E-state index contributed by atoms with van der Waals surface area (Å²) < 4.78 is 10.9. The molecule has 0 spiro atoms. The van der Waals surface area contributed by atoms with Gasteiger partial charge in [0.25, 0.3) is 5.91 Å². The molecule has 1 aromatic carbocycles. The molecule has 1 amide bonds. The molecule has 30 heavy (non-hydrogen) atoms.